The van der Waals surface area contributed by atoms with Gasteiger partial charge in [0.05, 0.1) is 10.9 Å². The average Bonchev–Trinajstić information content (AvgIpc) is 3.05. The summed E-state index contributed by atoms with van der Waals surface area (Å²) < 4.78 is 15.7. The lowest BCUT2D eigenvalue weighted by atomic mass is 10.1. The van der Waals surface area contributed by atoms with Crippen LogP contribution in [0.4, 0.5) is 10.5 Å². The van der Waals surface area contributed by atoms with Crippen molar-refractivity contribution in [2.24, 2.45) is 0 Å². The van der Waals surface area contributed by atoms with Crippen LogP contribution in [0.15, 0.2) is 45.6 Å². The molecule has 0 atom stereocenters. The van der Waals surface area contributed by atoms with E-state index < -0.39 is 17.7 Å². The molecule has 3 rings (SSSR count). The molecule has 2 heterocycles. The Bertz CT molecular complexity index is 1060. The van der Waals surface area contributed by atoms with Gasteiger partial charge in [0.25, 0.3) is 0 Å². The fourth-order valence-corrected chi connectivity index (χ4v) is 3.29. The van der Waals surface area contributed by atoms with E-state index in [1.165, 1.54) is 12.1 Å². The number of carbonyl (C=O) groups is 2. The lowest BCUT2D eigenvalue weighted by Crippen LogP contribution is -2.13. The summed E-state index contributed by atoms with van der Waals surface area (Å²) in [5.41, 5.74) is 0.550. The molecule has 0 aliphatic heterocycles. The van der Waals surface area contributed by atoms with Crippen LogP contribution in [-0.4, -0.2) is 18.7 Å². The highest BCUT2D eigenvalue weighted by Gasteiger charge is 2.13. The zero-order chi connectivity index (χ0) is 19.4. The molecule has 0 spiro atoms. The summed E-state index contributed by atoms with van der Waals surface area (Å²) in [5.74, 6) is -0.533. The molecule has 140 valence electrons. The van der Waals surface area contributed by atoms with Crippen molar-refractivity contribution >= 4 is 51.7 Å². The van der Waals surface area contributed by atoms with Crippen LogP contribution in [0.1, 0.15) is 22.2 Å². The number of halogens is 1. The van der Waals surface area contributed by atoms with Crippen molar-refractivity contribution < 1.29 is 23.5 Å². The third-order valence-corrected chi connectivity index (χ3v) is 4.70. The fraction of sp³-hybridized carbons (Fsp3) is 0.167. The van der Waals surface area contributed by atoms with Crippen molar-refractivity contribution in [2.45, 2.75) is 13.5 Å². The maximum Gasteiger partial charge on any atom is 0.411 e. The Hall–Kier alpha value is -2.84. The number of benzene rings is 1. The molecule has 0 radical (unpaired) electrons. The van der Waals surface area contributed by atoms with E-state index in [1.54, 1.807) is 31.2 Å². The third kappa shape index (κ3) is 4.66. The summed E-state index contributed by atoms with van der Waals surface area (Å²) in [5, 5.41) is 3.11. The lowest BCUT2D eigenvalue weighted by Gasteiger charge is -2.09. The van der Waals surface area contributed by atoms with E-state index in [-0.39, 0.29) is 18.8 Å². The Morgan fingerprint density at radius 3 is 2.70 bits per heavy atom. The van der Waals surface area contributed by atoms with E-state index in [0.29, 0.717) is 25.9 Å². The van der Waals surface area contributed by atoms with E-state index in [9.17, 15) is 14.4 Å². The minimum atomic E-state index is -0.612. The van der Waals surface area contributed by atoms with E-state index >= 15 is 0 Å². The van der Waals surface area contributed by atoms with Gasteiger partial charge in [-0.05, 0) is 31.2 Å². The summed E-state index contributed by atoms with van der Waals surface area (Å²) in [7, 11) is 0. The molecular formula is C18H14ClNO6S. The van der Waals surface area contributed by atoms with Crippen molar-refractivity contribution in [1.82, 2.24) is 0 Å². The molecule has 1 amide bonds. The molecule has 0 bridgehead atoms. The molecule has 1 aromatic carbocycles. The average molecular weight is 408 g/mol. The first-order chi connectivity index (χ1) is 13.0. The van der Waals surface area contributed by atoms with Crippen molar-refractivity contribution in [3.05, 3.63) is 61.6 Å². The highest BCUT2D eigenvalue weighted by atomic mass is 35.5. The first-order valence-electron chi connectivity index (χ1n) is 7.89. The number of nitrogens with one attached hydrogen (secondary N) is 1. The quantitative estimate of drug-likeness (QED) is 0.496. The van der Waals surface area contributed by atoms with Gasteiger partial charge in [0.2, 0.25) is 0 Å². The molecule has 27 heavy (non-hydrogen) atoms. The standard InChI is InChI=1S/C18H14ClNO6S/c1-2-24-18(23)20-11-3-4-12-10(7-16(21)26-13(12)8-11)9-25-17(22)14-5-6-15(19)27-14/h3-8H,2,9H2,1H3,(H,20,23). The van der Waals surface area contributed by atoms with Crippen LogP contribution in [0.2, 0.25) is 4.34 Å². The number of anilines is 1. The van der Waals surface area contributed by atoms with Gasteiger partial charge in [0.1, 0.15) is 17.1 Å². The van der Waals surface area contributed by atoms with E-state index in [1.807, 2.05) is 0 Å². The minimum Gasteiger partial charge on any atom is -0.457 e. The molecule has 3 aromatic rings. The summed E-state index contributed by atoms with van der Waals surface area (Å²) in [6.45, 7) is 1.82. The van der Waals surface area contributed by atoms with Crippen molar-refractivity contribution in [2.75, 3.05) is 11.9 Å². The second-order valence-electron chi connectivity index (χ2n) is 5.33. The predicted molar refractivity (Wildman–Crippen MR) is 102 cm³/mol. The van der Waals surface area contributed by atoms with Gasteiger partial charge in [-0.1, -0.05) is 11.6 Å². The Balaban J connectivity index is 1.82. The van der Waals surface area contributed by atoms with Crippen LogP contribution < -0.4 is 10.9 Å². The van der Waals surface area contributed by atoms with E-state index in [4.69, 9.17) is 25.5 Å². The number of fused-ring (bicyclic) bond motifs is 1. The highest BCUT2D eigenvalue weighted by Crippen LogP contribution is 2.24. The lowest BCUT2D eigenvalue weighted by molar-refractivity contribution is 0.0479. The van der Waals surface area contributed by atoms with Crippen LogP contribution in [0.5, 0.6) is 0 Å². The molecule has 0 aliphatic carbocycles. The SMILES string of the molecule is CCOC(=O)Nc1ccc2c(COC(=O)c3ccc(Cl)s3)cc(=O)oc2c1. The van der Waals surface area contributed by atoms with Gasteiger partial charge in [-0.15, -0.1) is 11.3 Å². The van der Waals surface area contributed by atoms with Crippen molar-refractivity contribution in [3.63, 3.8) is 0 Å². The molecule has 2 aromatic heterocycles. The number of amides is 1. The Kier molecular flexibility index (Phi) is 5.78. The molecule has 1 N–H and O–H groups in total. The Labute approximate surface area is 162 Å². The Morgan fingerprint density at radius 1 is 1.19 bits per heavy atom. The van der Waals surface area contributed by atoms with Gasteiger partial charge in [0.15, 0.2) is 0 Å². The minimum absolute atomic E-state index is 0.110. The summed E-state index contributed by atoms with van der Waals surface area (Å²) in [4.78, 5) is 35.8. The van der Waals surface area contributed by atoms with Crippen molar-refractivity contribution in [3.8, 4) is 0 Å². The number of ether oxygens (including phenoxy) is 2. The number of rotatable bonds is 5. The molecule has 0 aliphatic rings. The topological polar surface area (TPSA) is 94.8 Å². The third-order valence-electron chi connectivity index (χ3n) is 3.49. The molecule has 7 nitrogen and oxygen atoms in total. The molecular weight excluding hydrogens is 394 g/mol. The smallest absolute Gasteiger partial charge is 0.411 e. The summed E-state index contributed by atoms with van der Waals surface area (Å²) in [6.07, 6.45) is -0.612. The summed E-state index contributed by atoms with van der Waals surface area (Å²) in [6, 6.07) is 9.22. The van der Waals surface area contributed by atoms with Gasteiger partial charge in [-0.3, -0.25) is 5.32 Å². The zero-order valence-electron chi connectivity index (χ0n) is 14.1. The fourth-order valence-electron chi connectivity index (χ4n) is 2.35. The summed E-state index contributed by atoms with van der Waals surface area (Å²) >= 11 is 6.92. The van der Waals surface area contributed by atoms with E-state index in [2.05, 4.69) is 5.32 Å². The monoisotopic (exact) mass is 407 g/mol. The molecule has 0 fully saturated rings. The molecule has 9 heteroatoms. The maximum atomic E-state index is 12.1. The largest absolute Gasteiger partial charge is 0.457 e. The van der Waals surface area contributed by atoms with Gasteiger partial charge < -0.3 is 13.9 Å². The van der Waals surface area contributed by atoms with Gasteiger partial charge >= 0.3 is 17.7 Å². The second-order valence-corrected chi connectivity index (χ2v) is 7.04. The zero-order valence-corrected chi connectivity index (χ0v) is 15.7. The van der Waals surface area contributed by atoms with Crippen LogP contribution in [0.3, 0.4) is 0 Å². The van der Waals surface area contributed by atoms with E-state index in [0.717, 1.165) is 11.3 Å². The second kappa shape index (κ2) is 8.24. The van der Waals surface area contributed by atoms with Crippen LogP contribution in [-0.2, 0) is 16.1 Å². The first kappa shape index (κ1) is 18.9. The van der Waals surface area contributed by atoms with Gasteiger partial charge in [-0.25, -0.2) is 14.4 Å². The number of hydrogen-bond donors (Lipinski definition) is 1. The number of esters is 1. The normalized spacial score (nSPS) is 10.6. The van der Waals surface area contributed by atoms with Gasteiger partial charge in [0, 0.05) is 28.8 Å². The van der Waals surface area contributed by atoms with Crippen LogP contribution >= 0.6 is 22.9 Å². The Morgan fingerprint density at radius 2 is 2.00 bits per heavy atom. The molecule has 0 saturated heterocycles. The predicted octanol–water partition coefficient (Wildman–Crippen LogP) is 4.43. The maximum absolute atomic E-state index is 12.1. The van der Waals surface area contributed by atoms with Gasteiger partial charge in [-0.2, -0.15) is 0 Å². The van der Waals surface area contributed by atoms with Crippen LogP contribution in [0.25, 0.3) is 11.0 Å². The van der Waals surface area contributed by atoms with Crippen molar-refractivity contribution in [1.29, 1.82) is 0 Å². The molecule has 0 unspecified atom stereocenters. The molecule has 0 saturated carbocycles. The highest BCUT2D eigenvalue weighted by molar-refractivity contribution is 7.17. The first-order valence-corrected chi connectivity index (χ1v) is 9.08. The number of carbonyl (C=O) groups excluding carboxylic acids is 2. The number of hydrogen-bond acceptors (Lipinski definition) is 7. The number of thiophene rings is 1. The van der Waals surface area contributed by atoms with Crippen LogP contribution in [0, 0.1) is 0 Å².